The van der Waals surface area contributed by atoms with Crippen LogP contribution in [0.1, 0.15) is 16.8 Å². The van der Waals surface area contributed by atoms with Gasteiger partial charge in [-0.25, -0.2) is 4.79 Å². The van der Waals surface area contributed by atoms with E-state index in [2.05, 4.69) is 15.9 Å². The topological polar surface area (TPSA) is 76.0 Å². The molecule has 1 saturated heterocycles. The first-order chi connectivity index (χ1) is 9.11. The van der Waals surface area contributed by atoms with Crippen LogP contribution in [0.25, 0.3) is 0 Å². The van der Waals surface area contributed by atoms with Crippen molar-refractivity contribution in [1.82, 2.24) is 0 Å². The Morgan fingerprint density at radius 1 is 1.37 bits per heavy atom. The second-order valence-corrected chi connectivity index (χ2v) is 4.97. The molecule has 0 radical (unpaired) electrons. The number of esters is 1. The minimum atomic E-state index is -1.04. The second-order valence-electron chi connectivity index (χ2n) is 4.32. The van der Waals surface area contributed by atoms with Crippen molar-refractivity contribution in [3.8, 4) is 0 Å². The minimum Gasteiger partial charge on any atom is -0.453 e. The third-order valence-corrected chi connectivity index (χ3v) is 3.56. The van der Waals surface area contributed by atoms with E-state index in [1.807, 2.05) is 0 Å². The summed E-state index contributed by atoms with van der Waals surface area (Å²) in [7, 11) is 0. The van der Waals surface area contributed by atoms with Crippen LogP contribution in [-0.2, 0) is 9.47 Å². The lowest BCUT2D eigenvalue weighted by Gasteiger charge is -2.36. The summed E-state index contributed by atoms with van der Waals surface area (Å²) in [6, 6.07) is 8.53. The van der Waals surface area contributed by atoms with Crippen molar-refractivity contribution in [3.05, 3.63) is 35.9 Å². The molecule has 19 heavy (non-hydrogen) atoms. The SMILES string of the molecule is O=C(O[C@H]1[C@@H](O)C[C@@H](O)O[C@@H]1CBr)c1ccccc1. The molecule has 0 aromatic heterocycles. The summed E-state index contributed by atoms with van der Waals surface area (Å²) in [5, 5.41) is 19.7. The van der Waals surface area contributed by atoms with Crippen LogP contribution in [0.2, 0.25) is 0 Å². The Kier molecular flexibility index (Phi) is 4.93. The first-order valence-electron chi connectivity index (χ1n) is 5.95. The highest BCUT2D eigenvalue weighted by atomic mass is 79.9. The molecule has 2 N–H and O–H groups in total. The molecule has 0 spiro atoms. The number of alkyl halides is 1. The van der Waals surface area contributed by atoms with Crippen molar-refractivity contribution < 1.29 is 24.5 Å². The van der Waals surface area contributed by atoms with Crippen LogP contribution in [-0.4, -0.2) is 46.1 Å². The van der Waals surface area contributed by atoms with Crippen LogP contribution in [0.15, 0.2) is 30.3 Å². The summed E-state index contributed by atoms with van der Waals surface area (Å²) in [6.07, 6.45) is -3.33. The largest absolute Gasteiger partial charge is 0.453 e. The fourth-order valence-corrected chi connectivity index (χ4v) is 2.49. The number of aliphatic hydroxyl groups is 2. The predicted molar refractivity (Wildman–Crippen MR) is 70.9 cm³/mol. The lowest BCUT2D eigenvalue weighted by molar-refractivity contribution is -0.225. The number of rotatable bonds is 3. The van der Waals surface area contributed by atoms with Crippen LogP contribution in [0.4, 0.5) is 0 Å². The third-order valence-electron chi connectivity index (χ3n) is 2.93. The molecule has 0 aliphatic carbocycles. The molecule has 1 aromatic carbocycles. The van der Waals surface area contributed by atoms with E-state index in [0.717, 1.165) is 0 Å². The Bertz CT molecular complexity index is 424. The zero-order chi connectivity index (χ0) is 13.8. The van der Waals surface area contributed by atoms with Gasteiger partial charge >= 0.3 is 5.97 Å². The zero-order valence-corrected chi connectivity index (χ0v) is 11.7. The second kappa shape index (κ2) is 6.47. The van der Waals surface area contributed by atoms with Gasteiger partial charge in [0.1, 0.15) is 6.10 Å². The molecular formula is C13H15BrO5. The maximum absolute atomic E-state index is 11.9. The number of halogens is 1. The number of carbonyl (C=O) groups is 1. The number of aliphatic hydroxyl groups excluding tert-OH is 2. The van der Waals surface area contributed by atoms with E-state index in [4.69, 9.17) is 9.47 Å². The Labute approximate surface area is 119 Å². The number of carbonyl (C=O) groups excluding carboxylic acids is 1. The zero-order valence-electron chi connectivity index (χ0n) is 10.1. The summed E-state index contributed by atoms with van der Waals surface area (Å²) in [4.78, 5) is 11.9. The van der Waals surface area contributed by atoms with E-state index < -0.39 is 30.6 Å². The fraction of sp³-hybridized carbons (Fsp3) is 0.462. The summed E-state index contributed by atoms with van der Waals surface area (Å²) < 4.78 is 10.5. The number of hydrogen-bond acceptors (Lipinski definition) is 5. The Morgan fingerprint density at radius 3 is 2.68 bits per heavy atom. The van der Waals surface area contributed by atoms with Gasteiger partial charge in [-0.15, -0.1) is 0 Å². The van der Waals surface area contributed by atoms with Crippen molar-refractivity contribution in [3.63, 3.8) is 0 Å². The van der Waals surface area contributed by atoms with Gasteiger partial charge in [-0.2, -0.15) is 0 Å². The lowest BCUT2D eigenvalue weighted by Crippen LogP contribution is -2.51. The Hall–Kier alpha value is -0.950. The van der Waals surface area contributed by atoms with E-state index in [1.165, 1.54) is 0 Å². The fourth-order valence-electron chi connectivity index (χ4n) is 1.97. The van der Waals surface area contributed by atoms with Crippen LogP contribution < -0.4 is 0 Å². The monoisotopic (exact) mass is 330 g/mol. The highest BCUT2D eigenvalue weighted by molar-refractivity contribution is 9.09. The van der Waals surface area contributed by atoms with Crippen LogP contribution in [0.5, 0.6) is 0 Å². The molecule has 5 nitrogen and oxygen atoms in total. The first kappa shape index (κ1) is 14.5. The molecule has 1 aliphatic rings. The summed E-state index contributed by atoms with van der Waals surface area (Å²) in [6.45, 7) is 0. The normalized spacial score (nSPS) is 30.9. The van der Waals surface area contributed by atoms with E-state index in [-0.39, 0.29) is 6.42 Å². The van der Waals surface area contributed by atoms with E-state index >= 15 is 0 Å². The molecule has 0 bridgehead atoms. The highest BCUT2D eigenvalue weighted by Gasteiger charge is 2.39. The van der Waals surface area contributed by atoms with Gasteiger partial charge in [-0.05, 0) is 12.1 Å². The molecule has 1 aromatic rings. The Balaban J connectivity index is 2.06. The summed E-state index contributed by atoms with van der Waals surface area (Å²) in [5.41, 5.74) is 0.411. The van der Waals surface area contributed by atoms with Crippen LogP contribution >= 0.6 is 15.9 Å². The smallest absolute Gasteiger partial charge is 0.338 e. The molecule has 1 aliphatic heterocycles. The van der Waals surface area contributed by atoms with Gasteiger partial charge in [-0.3, -0.25) is 0 Å². The van der Waals surface area contributed by atoms with Crippen molar-refractivity contribution in [2.75, 3.05) is 5.33 Å². The van der Waals surface area contributed by atoms with Crippen molar-refractivity contribution in [2.24, 2.45) is 0 Å². The molecule has 6 heteroatoms. The highest BCUT2D eigenvalue weighted by Crippen LogP contribution is 2.24. The van der Waals surface area contributed by atoms with Crippen LogP contribution in [0.3, 0.4) is 0 Å². The Morgan fingerprint density at radius 2 is 2.05 bits per heavy atom. The number of ether oxygens (including phenoxy) is 2. The molecule has 0 unspecified atom stereocenters. The molecular weight excluding hydrogens is 316 g/mol. The summed E-state index contributed by atoms with van der Waals surface area (Å²) in [5.74, 6) is -0.518. The molecule has 1 fully saturated rings. The van der Waals surface area contributed by atoms with Gasteiger partial charge < -0.3 is 19.7 Å². The molecule has 0 amide bonds. The van der Waals surface area contributed by atoms with Gasteiger partial charge in [0, 0.05) is 11.8 Å². The minimum absolute atomic E-state index is 0.0240. The predicted octanol–water partition coefficient (Wildman–Crippen LogP) is 1.08. The average Bonchev–Trinajstić information content (AvgIpc) is 2.42. The van der Waals surface area contributed by atoms with Crippen molar-refractivity contribution in [2.45, 2.75) is 31.0 Å². The molecule has 1 heterocycles. The maximum atomic E-state index is 11.9. The van der Waals surface area contributed by atoms with Gasteiger partial charge in [0.2, 0.25) is 0 Å². The van der Waals surface area contributed by atoms with Crippen LogP contribution in [0, 0.1) is 0 Å². The quantitative estimate of drug-likeness (QED) is 0.640. The molecule has 104 valence electrons. The first-order valence-corrected chi connectivity index (χ1v) is 7.07. The molecule has 4 atom stereocenters. The van der Waals surface area contributed by atoms with Gasteiger partial charge in [0.25, 0.3) is 0 Å². The summed E-state index contributed by atoms with van der Waals surface area (Å²) >= 11 is 3.21. The van der Waals surface area contributed by atoms with E-state index in [1.54, 1.807) is 30.3 Å². The number of hydrogen-bond donors (Lipinski definition) is 2. The van der Waals surface area contributed by atoms with Gasteiger partial charge in [0.05, 0.1) is 11.7 Å². The third kappa shape index (κ3) is 3.54. The van der Waals surface area contributed by atoms with Gasteiger partial charge in [-0.1, -0.05) is 34.1 Å². The van der Waals surface area contributed by atoms with Crippen molar-refractivity contribution in [1.29, 1.82) is 0 Å². The van der Waals surface area contributed by atoms with E-state index in [9.17, 15) is 15.0 Å². The van der Waals surface area contributed by atoms with E-state index in [0.29, 0.717) is 10.9 Å². The molecule has 2 rings (SSSR count). The number of benzene rings is 1. The average molecular weight is 331 g/mol. The van der Waals surface area contributed by atoms with Crippen molar-refractivity contribution >= 4 is 21.9 Å². The maximum Gasteiger partial charge on any atom is 0.338 e. The standard InChI is InChI=1S/C13H15BrO5/c14-7-10-12(9(15)6-11(16)18-10)19-13(17)8-4-2-1-3-5-8/h1-5,9-12,15-16H,6-7H2/t9-,10+,11-,12-/m0/s1. The molecule has 0 saturated carbocycles. The van der Waals surface area contributed by atoms with Gasteiger partial charge in [0.15, 0.2) is 12.4 Å². The lowest BCUT2D eigenvalue weighted by atomic mass is 10.0.